The Hall–Kier alpha value is 0.0225. The summed E-state index contributed by atoms with van der Waals surface area (Å²) >= 11 is 0. The van der Waals surface area contributed by atoms with Crippen molar-refractivity contribution in [3.63, 3.8) is 0 Å². The summed E-state index contributed by atoms with van der Waals surface area (Å²) in [5.74, 6) is 0. The third-order valence-electron chi connectivity index (χ3n) is 3.01. The normalized spacial score (nSPS) is 12.9. The van der Waals surface area contributed by atoms with E-state index in [1.54, 1.807) is 83.1 Å². The fourth-order valence-electron chi connectivity index (χ4n) is 1.84. The summed E-state index contributed by atoms with van der Waals surface area (Å²) in [5.41, 5.74) is -5.10. The van der Waals surface area contributed by atoms with Crippen LogP contribution in [0.1, 0.15) is 83.1 Å². The van der Waals surface area contributed by atoms with E-state index in [4.69, 9.17) is 28.4 Å². The first-order valence-corrected chi connectivity index (χ1v) is 16.4. The molecule has 0 unspecified atom stereocenters. The Kier molecular flexibility index (Phi) is 25.4. The van der Waals surface area contributed by atoms with Crippen molar-refractivity contribution in [2.24, 2.45) is 0 Å². The fourth-order valence-corrected chi connectivity index (χ4v) is 3.99. The molecule has 0 N–H and O–H groups in total. The molecule has 0 heterocycles. The van der Waals surface area contributed by atoms with Crippen LogP contribution in [0.25, 0.3) is 0 Å². The van der Waals surface area contributed by atoms with Crippen molar-refractivity contribution in [2.75, 3.05) is 0 Å². The van der Waals surface area contributed by atoms with Crippen LogP contribution in [0.4, 0.5) is 0 Å². The van der Waals surface area contributed by atoms with Gasteiger partial charge in [0.1, 0.15) is 30.4 Å². The van der Waals surface area contributed by atoms with E-state index in [9.17, 15) is 38.9 Å². The van der Waals surface area contributed by atoms with Crippen LogP contribution >= 0.6 is 0 Å². The van der Waals surface area contributed by atoms with Crippen LogP contribution in [0.5, 0.6) is 0 Å². The van der Waals surface area contributed by atoms with E-state index >= 15 is 0 Å². The first-order chi connectivity index (χ1) is 17.2. The average Bonchev–Trinajstić information content (AvgIpc) is 2.63. The topological polar surface area (TPSA) is 227 Å². The minimum atomic E-state index is -4.55. The van der Waals surface area contributed by atoms with Crippen LogP contribution in [0.15, 0.2) is 0 Å². The zero-order chi connectivity index (χ0) is 31.9. The molecule has 0 rings (SSSR count). The number of hydrogen-bond donors (Lipinski definition) is 0. The van der Waals surface area contributed by atoms with Gasteiger partial charge in [0, 0.05) is 0 Å². The van der Waals surface area contributed by atoms with Gasteiger partial charge in [0.2, 0.25) is 0 Å². The van der Waals surface area contributed by atoms with Crippen LogP contribution < -0.4 is 0 Å². The van der Waals surface area contributed by atoms with Gasteiger partial charge in [0.25, 0.3) is 16.9 Å². The largest absolute Gasteiger partial charge is 3.00 e. The Balaban J connectivity index is -0.000000240. The standard InChI is InChI=1S/3C7H16O5S.Al/c3*1-5(2)11-7(12-6(3)4)13(8,9)10;/h3*5-7H,1-4H3,(H,8,9,10);/q;;;+3/p-3. The van der Waals surface area contributed by atoms with Gasteiger partial charge < -0.3 is 42.1 Å². The van der Waals surface area contributed by atoms with Gasteiger partial charge in [-0.1, -0.05) is 0 Å². The monoisotopic (exact) mass is 660 g/mol. The summed E-state index contributed by atoms with van der Waals surface area (Å²) in [4.78, 5) is 0. The van der Waals surface area contributed by atoms with E-state index in [0.29, 0.717) is 0 Å². The SMILES string of the molecule is CC(C)OC(OC(C)C)S(=O)(=O)[O-].CC(C)OC(OC(C)C)S(=O)(=O)[O-].CC(C)OC(OC(C)C)S(=O)(=O)[O-].[Al+3]. The summed E-state index contributed by atoms with van der Waals surface area (Å²) in [7, 11) is -13.6. The Bertz CT molecular complexity index is 794. The molecule has 0 aromatic carbocycles. The minimum absolute atomic E-state index is 0. The molecule has 19 heteroatoms. The molecule has 0 aromatic rings. The van der Waals surface area contributed by atoms with Crippen LogP contribution in [-0.2, 0) is 58.8 Å². The molecule has 0 fully saturated rings. The van der Waals surface area contributed by atoms with Gasteiger partial charge in [-0.2, -0.15) is 0 Å². The molecule has 0 aliphatic rings. The number of hydrogen-bond acceptors (Lipinski definition) is 15. The molecular weight excluding hydrogens is 615 g/mol. The molecule has 0 aliphatic carbocycles. The molecule has 0 aliphatic heterocycles. The smallest absolute Gasteiger partial charge is 0.744 e. The molecule has 0 amide bonds. The molecule has 0 bridgehead atoms. The second-order valence-electron chi connectivity index (χ2n) is 9.45. The predicted molar refractivity (Wildman–Crippen MR) is 144 cm³/mol. The fraction of sp³-hybridized carbons (Fsp3) is 1.00. The average molecular weight is 661 g/mol. The quantitative estimate of drug-likeness (QED) is 0.138. The van der Waals surface area contributed by atoms with Gasteiger partial charge in [-0.05, 0) is 83.1 Å². The van der Waals surface area contributed by atoms with Crippen molar-refractivity contribution in [3.05, 3.63) is 0 Å². The zero-order valence-electron chi connectivity index (χ0n) is 25.1. The van der Waals surface area contributed by atoms with E-state index in [1.807, 2.05) is 0 Å². The summed E-state index contributed by atoms with van der Waals surface area (Å²) < 4.78 is 124. The Morgan fingerprint density at radius 1 is 0.350 bits per heavy atom. The van der Waals surface area contributed by atoms with Gasteiger partial charge >= 0.3 is 17.4 Å². The van der Waals surface area contributed by atoms with Gasteiger partial charge in [0.15, 0.2) is 0 Å². The summed E-state index contributed by atoms with van der Waals surface area (Å²) in [5, 5.41) is 0. The third-order valence-corrected chi connectivity index (χ3v) is 5.09. The van der Waals surface area contributed by atoms with E-state index < -0.39 is 47.2 Å². The van der Waals surface area contributed by atoms with Gasteiger partial charge in [0.05, 0.1) is 36.6 Å². The van der Waals surface area contributed by atoms with Crippen molar-refractivity contribution >= 4 is 47.7 Å². The second-order valence-corrected chi connectivity index (χ2v) is 13.6. The first-order valence-electron chi connectivity index (χ1n) is 12.0. The van der Waals surface area contributed by atoms with Gasteiger partial charge in [-0.3, -0.25) is 0 Å². The Labute approximate surface area is 250 Å². The van der Waals surface area contributed by atoms with Crippen LogP contribution in [0, 0.1) is 0 Å². The number of rotatable bonds is 15. The molecule has 240 valence electrons. The van der Waals surface area contributed by atoms with Crippen LogP contribution in [0.2, 0.25) is 0 Å². The van der Waals surface area contributed by atoms with Gasteiger partial charge in [-0.15, -0.1) is 0 Å². The maximum Gasteiger partial charge on any atom is 3.00 e. The second kappa shape index (κ2) is 21.7. The molecule has 40 heavy (non-hydrogen) atoms. The molecule has 0 saturated heterocycles. The molecular formula is C21H45AlO15S3. The maximum atomic E-state index is 10.6. The predicted octanol–water partition coefficient (Wildman–Crippen LogP) is 1.61. The minimum Gasteiger partial charge on any atom is -0.744 e. The Morgan fingerprint density at radius 2 is 0.450 bits per heavy atom. The molecule has 0 radical (unpaired) electrons. The van der Waals surface area contributed by atoms with Crippen molar-refractivity contribution in [1.82, 2.24) is 0 Å². The van der Waals surface area contributed by atoms with Crippen molar-refractivity contribution in [1.29, 1.82) is 0 Å². The summed E-state index contributed by atoms with van der Waals surface area (Å²) in [6.45, 7) is 19.5. The van der Waals surface area contributed by atoms with E-state index in [1.165, 1.54) is 0 Å². The summed E-state index contributed by atoms with van der Waals surface area (Å²) in [6, 6.07) is 0. The van der Waals surface area contributed by atoms with Crippen LogP contribution in [-0.4, -0.2) is 110 Å². The molecule has 0 atom stereocenters. The van der Waals surface area contributed by atoms with E-state index in [-0.39, 0.29) is 54.0 Å². The third kappa shape index (κ3) is 29.5. The molecule has 0 aromatic heterocycles. The number of ether oxygens (including phenoxy) is 6. The van der Waals surface area contributed by atoms with Crippen molar-refractivity contribution in [3.8, 4) is 0 Å². The summed E-state index contributed by atoms with van der Waals surface area (Å²) in [6.07, 6.45) is -2.21. The van der Waals surface area contributed by atoms with E-state index in [0.717, 1.165) is 0 Å². The maximum absolute atomic E-state index is 10.6. The zero-order valence-corrected chi connectivity index (χ0v) is 28.7. The van der Waals surface area contributed by atoms with Crippen molar-refractivity contribution < 1.29 is 67.3 Å². The Morgan fingerprint density at radius 3 is 0.500 bits per heavy atom. The van der Waals surface area contributed by atoms with E-state index in [2.05, 4.69) is 0 Å². The molecule has 0 saturated carbocycles. The van der Waals surface area contributed by atoms with Crippen molar-refractivity contribution in [2.45, 2.75) is 137 Å². The molecule has 15 nitrogen and oxygen atoms in total. The molecule has 0 spiro atoms. The first kappa shape index (κ1) is 47.0. The van der Waals surface area contributed by atoms with Crippen LogP contribution in [0.3, 0.4) is 0 Å². The van der Waals surface area contributed by atoms with Gasteiger partial charge in [-0.25, -0.2) is 25.3 Å².